The van der Waals surface area contributed by atoms with Gasteiger partial charge in [-0.15, -0.1) is 11.6 Å². The summed E-state index contributed by atoms with van der Waals surface area (Å²) in [6.07, 6.45) is 0.0915. The molecular weight excluding hydrogens is 262 g/mol. The van der Waals surface area contributed by atoms with Crippen LogP contribution < -0.4 is 9.46 Å². The van der Waals surface area contributed by atoms with Crippen molar-refractivity contribution in [2.75, 3.05) is 16.4 Å². The summed E-state index contributed by atoms with van der Waals surface area (Å²) in [4.78, 5) is 0. The Morgan fingerprint density at radius 1 is 1.29 bits per heavy atom. The van der Waals surface area contributed by atoms with Gasteiger partial charge in [-0.25, -0.2) is 8.42 Å². The molecule has 0 saturated carbocycles. The van der Waals surface area contributed by atoms with Crippen LogP contribution in [0.1, 0.15) is 13.8 Å². The van der Waals surface area contributed by atoms with Crippen LogP contribution in [0.2, 0.25) is 0 Å². The lowest BCUT2D eigenvalue weighted by molar-refractivity contribution is 0.242. The predicted octanol–water partition coefficient (Wildman–Crippen LogP) is 2.45. The largest absolute Gasteiger partial charge is 0.491 e. The molecule has 0 spiro atoms. The van der Waals surface area contributed by atoms with E-state index >= 15 is 0 Å². The van der Waals surface area contributed by atoms with Gasteiger partial charge in [0.05, 0.1) is 11.9 Å². The fourth-order valence-corrected chi connectivity index (χ4v) is 2.62. The number of nitrogens with one attached hydrogen (secondary N) is 1. The topological polar surface area (TPSA) is 55.4 Å². The average molecular weight is 278 g/mol. The first kappa shape index (κ1) is 14.1. The molecule has 4 nitrogen and oxygen atoms in total. The zero-order valence-electron chi connectivity index (χ0n) is 9.81. The first-order chi connectivity index (χ1) is 7.93. The summed E-state index contributed by atoms with van der Waals surface area (Å²) in [5.41, 5.74) is 0.506. The molecule has 0 unspecified atom stereocenters. The zero-order valence-corrected chi connectivity index (χ0v) is 11.4. The summed E-state index contributed by atoms with van der Waals surface area (Å²) >= 11 is 5.40. The Kier molecular flexibility index (Phi) is 5.08. The first-order valence-electron chi connectivity index (χ1n) is 5.26. The van der Waals surface area contributed by atoms with E-state index in [4.69, 9.17) is 16.3 Å². The van der Waals surface area contributed by atoms with Crippen molar-refractivity contribution in [2.45, 2.75) is 20.0 Å². The number of hydrogen-bond donors (Lipinski definition) is 1. The second kappa shape index (κ2) is 6.12. The zero-order chi connectivity index (χ0) is 12.9. The highest BCUT2D eigenvalue weighted by Gasteiger charge is 2.09. The summed E-state index contributed by atoms with van der Waals surface area (Å²) in [6, 6.07) is 6.75. The highest BCUT2D eigenvalue weighted by molar-refractivity contribution is 7.92. The molecule has 0 aromatic heterocycles. The molecule has 96 valence electrons. The highest BCUT2D eigenvalue weighted by Crippen LogP contribution is 2.17. The summed E-state index contributed by atoms with van der Waals surface area (Å²) in [5, 5.41) is 0. The van der Waals surface area contributed by atoms with Gasteiger partial charge in [0.25, 0.3) is 0 Å². The van der Waals surface area contributed by atoms with Crippen molar-refractivity contribution in [3.05, 3.63) is 24.3 Å². The van der Waals surface area contributed by atoms with Gasteiger partial charge < -0.3 is 4.74 Å². The molecule has 0 atom stereocenters. The van der Waals surface area contributed by atoms with Gasteiger partial charge in [0.15, 0.2) is 0 Å². The molecule has 0 fully saturated rings. The third-order valence-corrected chi connectivity index (χ3v) is 3.55. The molecule has 0 bridgehead atoms. The molecule has 1 aromatic rings. The molecule has 0 heterocycles. The van der Waals surface area contributed by atoms with Gasteiger partial charge in [-0.05, 0) is 38.1 Å². The Morgan fingerprint density at radius 2 is 1.88 bits per heavy atom. The van der Waals surface area contributed by atoms with E-state index in [1.807, 2.05) is 13.8 Å². The average Bonchev–Trinajstić information content (AvgIpc) is 2.19. The Labute approximate surface area is 107 Å². The summed E-state index contributed by atoms with van der Waals surface area (Å²) < 4.78 is 30.8. The number of rotatable bonds is 6. The molecule has 0 radical (unpaired) electrons. The fraction of sp³-hybridized carbons (Fsp3) is 0.455. The molecule has 1 aromatic carbocycles. The van der Waals surface area contributed by atoms with E-state index in [-0.39, 0.29) is 17.7 Å². The minimum atomic E-state index is -3.34. The van der Waals surface area contributed by atoms with Crippen molar-refractivity contribution in [1.29, 1.82) is 0 Å². The monoisotopic (exact) mass is 277 g/mol. The van der Waals surface area contributed by atoms with E-state index in [9.17, 15) is 8.42 Å². The van der Waals surface area contributed by atoms with Crippen LogP contribution in [-0.2, 0) is 10.0 Å². The summed E-state index contributed by atoms with van der Waals surface area (Å²) in [7, 11) is -3.34. The minimum absolute atomic E-state index is 0.0733. The number of sulfonamides is 1. The van der Waals surface area contributed by atoms with E-state index in [0.717, 1.165) is 0 Å². The van der Waals surface area contributed by atoms with Gasteiger partial charge >= 0.3 is 0 Å². The van der Waals surface area contributed by atoms with E-state index in [1.165, 1.54) is 0 Å². The van der Waals surface area contributed by atoms with E-state index in [1.54, 1.807) is 24.3 Å². The molecule has 0 aliphatic carbocycles. The molecule has 17 heavy (non-hydrogen) atoms. The molecule has 0 aliphatic heterocycles. The molecule has 1 rings (SSSR count). The van der Waals surface area contributed by atoms with Crippen LogP contribution in [0.4, 0.5) is 5.69 Å². The van der Waals surface area contributed by atoms with Crippen LogP contribution >= 0.6 is 11.6 Å². The Bertz CT molecular complexity index is 442. The van der Waals surface area contributed by atoms with Crippen LogP contribution in [-0.4, -0.2) is 26.2 Å². The fourth-order valence-electron chi connectivity index (χ4n) is 1.21. The molecular formula is C11H16ClNO3S. The van der Waals surface area contributed by atoms with Crippen LogP contribution in [0.25, 0.3) is 0 Å². The lowest BCUT2D eigenvalue weighted by atomic mass is 10.3. The van der Waals surface area contributed by atoms with Crippen molar-refractivity contribution in [3.63, 3.8) is 0 Å². The number of ether oxygens (including phenoxy) is 1. The Morgan fingerprint density at radius 3 is 2.35 bits per heavy atom. The van der Waals surface area contributed by atoms with E-state index in [0.29, 0.717) is 11.4 Å². The summed E-state index contributed by atoms with van der Waals surface area (Å²) in [5.74, 6) is 0.683. The molecule has 0 aliphatic rings. The standard InChI is InChI=1S/C11H16ClNO3S/c1-9(2)16-11-5-3-10(4-6-11)13-17(14,15)8-7-12/h3-6,9,13H,7-8H2,1-2H3. The van der Waals surface area contributed by atoms with Crippen LogP contribution in [0.15, 0.2) is 24.3 Å². The lowest BCUT2D eigenvalue weighted by Crippen LogP contribution is -2.17. The van der Waals surface area contributed by atoms with Gasteiger partial charge in [-0.1, -0.05) is 0 Å². The molecule has 1 N–H and O–H groups in total. The third-order valence-electron chi connectivity index (χ3n) is 1.85. The van der Waals surface area contributed by atoms with Crippen LogP contribution in [0.3, 0.4) is 0 Å². The van der Waals surface area contributed by atoms with Crippen molar-refractivity contribution < 1.29 is 13.2 Å². The normalized spacial score (nSPS) is 11.5. The maximum atomic E-state index is 11.4. The van der Waals surface area contributed by atoms with Gasteiger partial charge in [0.2, 0.25) is 10.0 Å². The van der Waals surface area contributed by atoms with Gasteiger partial charge in [-0.3, -0.25) is 4.72 Å². The van der Waals surface area contributed by atoms with Gasteiger partial charge in [-0.2, -0.15) is 0 Å². The quantitative estimate of drug-likeness (QED) is 0.813. The van der Waals surface area contributed by atoms with Crippen molar-refractivity contribution in [1.82, 2.24) is 0 Å². The van der Waals surface area contributed by atoms with E-state index in [2.05, 4.69) is 4.72 Å². The molecule has 0 amide bonds. The SMILES string of the molecule is CC(C)Oc1ccc(NS(=O)(=O)CCCl)cc1. The number of alkyl halides is 1. The van der Waals surface area contributed by atoms with Gasteiger partial charge in [0.1, 0.15) is 5.75 Å². The van der Waals surface area contributed by atoms with Crippen molar-refractivity contribution >= 4 is 27.3 Å². The predicted molar refractivity (Wildman–Crippen MR) is 70.3 cm³/mol. The minimum Gasteiger partial charge on any atom is -0.491 e. The third kappa shape index (κ3) is 5.28. The highest BCUT2D eigenvalue weighted by atomic mass is 35.5. The first-order valence-corrected chi connectivity index (χ1v) is 7.45. The lowest BCUT2D eigenvalue weighted by Gasteiger charge is -2.11. The second-order valence-electron chi connectivity index (χ2n) is 3.80. The number of anilines is 1. The van der Waals surface area contributed by atoms with Gasteiger partial charge in [0, 0.05) is 11.6 Å². The van der Waals surface area contributed by atoms with Crippen LogP contribution in [0, 0.1) is 0 Å². The molecule has 0 saturated heterocycles. The van der Waals surface area contributed by atoms with Crippen molar-refractivity contribution in [2.24, 2.45) is 0 Å². The van der Waals surface area contributed by atoms with Crippen LogP contribution in [0.5, 0.6) is 5.75 Å². The van der Waals surface area contributed by atoms with Crippen molar-refractivity contribution in [3.8, 4) is 5.75 Å². The maximum Gasteiger partial charge on any atom is 0.233 e. The second-order valence-corrected chi connectivity index (χ2v) is 6.02. The molecule has 6 heteroatoms. The Hall–Kier alpha value is -0.940. The number of halogens is 1. The smallest absolute Gasteiger partial charge is 0.233 e. The Balaban J connectivity index is 2.68. The van der Waals surface area contributed by atoms with E-state index < -0.39 is 10.0 Å². The summed E-state index contributed by atoms with van der Waals surface area (Å²) in [6.45, 7) is 3.86. The number of benzene rings is 1. The maximum absolute atomic E-state index is 11.4. The number of hydrogen-bond acceptors (Lipinski definition) is 3.